The number of ether oxygens (including phenoxy) is 3. The number of anilines is 1. The van der Waals surface area contributed by atoms with Crippen molar-refractivity contribution in [2.45, 2.75) is 52.8 Å². The second-order valence-corrected chi connectivity index (χ2v) is 11.1. The topological polar surface area (TPSA) is 99.4 Å². The van der Waals surface area contributed by atoms with Gasteiger partial charge >= 0.3 is 5.97 Å². The average molecular weight is 562 g/mol. The number of para-hydroxylation sites is 1. The normalized spacial score (nSPS) is 17.7. The average Bonchev–Trinajstić information content (AvgIpc) is 3.39. The smallest absolute Gasteiger partial charge is 0.338 e. The molecular weight excluding hydrogens is 530 g/mol. The fourth-order valence-electron chi connectivity index (χ4n) is 5.23. The van der Waals surface area contributed by atoms with E-state index in [1.165, 1.54) is 18.8 Å². The fourth-order valence-corrected chi connectivity index (χ4v) is 6.37. The second kappa shape index (κ2) is 10.4. The molecule has 0 aliphatic carbocycles. The largest absolute Gasteiger partial charge is 0.497 e. The highest BCUT2D eigenvalue weighted by atomic mass is 32.1. The number of methoxy groups -OCH3 is 2. The number of hydrogen-bond donors (Lipinski definition) is 0. The lowest BCUT2D eigenvalue weighted by molar-refractivity contribution is -0.143. The Bertz CT molecular complexity index is 1750. The highest BCUT2D eigenvalue weighted by molar-refractivity contribution is 7.07. The summed E-state index contributed by atoms with van der Waals surface area (Å²) in [5.74, 6) is 0.158. The van der Waals surface area contributed by atoms with Crippen LogP contribution in [0, 0.1) is 0 Å². The number of carbonyl (C=O) groups is 2. The van der Waals surface area contributed by atoms with Crippen molar-refractivity contribution in [1.29, 1.82) is 0 Å². The van der Waals surface area contributed by atoms with Crippen LogP contribution in [0.2, 0.25) is 0 Å². The van der Waals surface area contributed by atoms with Gasteiger partial charge in [0.15, 0.2) is 4.80 Å². The van der Waals surface area contributed by atoms with Crippen LogP contribution >= 0.6 is 11.3 Å². The van der Waals surface area contributed by atoms with E-state index in [1.807, 2.05) is 38.1 Å². The van der Waals surface area contributed by atoms with Crippen molar-refractivity contribution in [3.63, 3.8) is 0 Å². The number of hydrogen-bond acceptors (Lipinski definition) is 8. The Labute approximate surface area is 235 Å². The van der Waals surface area contributed by atoms with Gasteiger partial charge in [-0.2, -0.15) is 0 Å². The number of esters is 1. The van der Waals surface area contributed by atoms with Crippen molar-refractivity contribution < 1.29 is 23.8 Å². The third kappa shape index (κ3) is 4.32. The summed E-state index contributed by atoms with van der Waals surface area (Å²) in [5, 5.41) is 0. The number of rotatable bonds is 6. The molecule has 1 atom stereocenters. The molecule has 5 rings (SSSR count). The van der Waals surface area contributed by atoms with Crippen molar-refractivity contribution in [2.24, 2.45) is 4.99 Å². The lowest BCUT2D eigenvalue weighted by Crippen LogP contribution is -2.41. The van der Waals surface area contributed by atoms with E-state index in [0.717, 1.165) is 17.0 Å². The quantitative estimate of drug-likeness (QED) is 0.428. The first-order chi connectivity index (χ1) is 19.1. The Morgan fingerprint density at radius 3 is 2.40 bits per heavy atom. The van der Waals surface area contributed by atoms with Crippen molar-refractivity contribution >= 4 is 34.5 Å². The molecule has 0 bridgehead atoms. The van der Waals surface area contributed by atoms with Crippen LogP contribution in [0.4, 0.5) is 5.69 Å². The lowest BCUT2D eigenvalue weighted by Gasteiger charge is -2.26. The van der Waals surface area contributed by atoms with Gasteiger partial charge in [0.05, 0.1) is 42.9 Å². The Balaban J connectivity index is 1.86. The molecule has 0 radical (unpaired) electrons. The van der Waals surface area contributed by atoms with Gasteiger partial charge in [0.1, 0.15) is 22.1 Å². The van der Waals surface area contributed by atoms with Crippen molar-refractivity contribution in [3.05, 3.63) is 84.5 Å². The van der Waals surface area contributed by atoms with Gasteiger partial charge in [-0.05, 0) is 58.9 Å². The maximum absolute atomic E-state index is 14.3. The molecule has 0 unspecified atom stereocenters. The number of aromatic nitrogens is 1. The summed E-state index contributed by atoms with van der Waals surface area (Å²) in [6.45, 7) is 9.10. The van der Waals surface area contributed by atoms with E-state index in [-0.39, 0.29) is 28.2 Å². The number of thiazole rings is 1. The van der Waals surface area contributed by atoms with Crippen molar-refractivity contribution in [3.8, 4) is 11.5 Å². The van der Waals surface area contributed by atoms with E-state index < -0.39 is 17.6 Å². The lowest BCUT2D eigenvalue weighted by atomic mass is 9.94. The van der Waals surface area contributed by atoms with Gasteiger partial charge in [-0.25, -0.2) is 9.79 Å². The minimum Gasteiger partial charge on any atom is -0.497 e. The highest BCUT2D eigenvalue weighted by Gasteiger charge is 2.39. The molecule has 0 spiro atoms. The van der Waals surface area contributed by atoms with Crippen LogP contribution in [0.25, 0.3) is 5.57 Å². The minimum absolute atomic E-state index is 0.108. The molecule has 40 heavy (non-hydrogen) atoms. The second-order valence-electron chi connectivity index (χ2n) is 10.1. The van der Waals surface area contributed by atoms with E-state index in [0.29, 0.717) is 38.7 Å². The number of amides is 1. The highest BCUT2D eigenvalue weighted by Crippen LogP contribution is 2.39. The summed E-state index contributed by atoms with van der Waals surface area (Å²) in [6, 6.07) is 11.6. The number of nitrogens with zero attached hydrogens (tertiary/aromatic N) is 3. The number of carbonyl (C=O) groups excluding carboxylic acids is 2. The Kier molecular flexibility index (Phi) is 7.14. The standard InChI is InChI=1S/C30H31N3O6S/c1-15(2)32-21-11-9-8-10-19(21)24(27(32)34)26-28(35)33-25(20-14-18(37-6)12-13-22(20)38-7)23(29(36)39-16(3)4)17(5)31-30(33)40-26/h8-16,25H,1-7H3/b26-24-/t25-/m1/s1. The van der Waals surface area contributed by atoms with E-state index >= 15 is 0 Å². The SMILES string of the molecule is COc1ccc(OC)c([C@@H]2C(C(=O)OC(C)C)=C(C)N=c3s/c(=C4\C(=O)N(C(C)C)c5ccccc54)c(=O)n32)c1. The third-order valence-corrected chi connectivity index (χ3v) is 7.95. The van der Waals surface area contributed by atoms with Gasteiger partial charge in [-0.1, -0.05) is 29.5 Å². The molecular formula is C30H31N3O6S. The third-order valence-electron chi connectivity index (χ3n) is 6.90. The molecule has 2 aliphatic heterocycles. The molecule has 1 amide bonds. The first-order valence-corrected chi connectivity index (χ1v) is 13.8. The van der Waals surface area contributed by atoms with Gasteiger partial charge in [0, 0.05) is 17.2 Å². The van der Waals surface area contributed by atoms with Gasteiger partial charge in [0.25, 0.3) is 11.5 Å². The van der Waals surface area contributed by atoms with Gasteiger partial charge in [0.2, 0.25) is 0 Å². The first kappa shape index (κ1) is 27.4. The number of fused-ring (bicyclic) bond motifs is 2. The van der Waals surface area contributed by atoms with E-state index in [4.69, 9.17) is 14.2 Å². The summed E-state index contributed by atoms with van der Waals surface area (Å²) in [6.07, 6.45) is -0.387. The van der Waals surface area contributed by atoms with Gasteiger partial charge in [-0.15, -0.1) is 0 Å². The zero-order valence-corrected chi connectivity index (χ0v) is 24.3. The molecule has 3 heterocycles. The van der Waals surface area contributed by atoms with E-state index in [1.54, 1.807) is 43.9 Å². The van der Waals surface area contributed by atoms with Crippen LogP contribution in [-0.4, -0.2) is 42.8 Å². The maximum Gasteiger partial charge on any atom is 0.338 e. The molecule has 10 heteroatoms. The molecule has 2 aliphatic rings. The zero-order chi connectivity index (χ0) is 28.9. The predicted octanol–water partition coefficient (Wildman–Crippen LogP) is 3.33. The molecule has 0 saturated carbocycles. The Morgan fingerprint density at radius 2 is 1.75 bits per heavy atom. The summed E-state index contributed by atoms with van der Waals surface area (Å²) < 4.78 is 18.5. The van der Waals surface area contributed by atoms with Crippen LogP contribution in [0.1, 0.15) is 51.8 Å². The molecule has 9 nitrogen and oxygen atoms in total. The summed E-state index contributed by atoms with van der Waals surface area (Å²) in [5.41, 5.74) is 2.52. The number of benzene rings is 2. The molecule has 3 aromatic rings. The molecule has 1 aromatic heterocycles. The van der Waals surface area contributed by atoms with Crippen LogP contribution < -0.4 is 29.3 Å². The van der Waals surface area contributed by atoms with Crippen molar-refractivity contribution in [1.82, 2.24) is 4.57 Å². The minimum atomic E-state index is -0.921. The number of allylic oxidation sites excluding steroid dienone is 1. The van der Waals surface area contributed by atoms with Crippen LogP contribution in [0.15, 0.2) is 63.5 Å². The Morgan fingerprint density at radius 1 is 1.02 bits per heavy atom. The van der Waals surface area contributed by atoms with Crippen LogP contribution in [0.3, 0.4) is 0 Å². The van der Waals surface area contributed by atoms with E-state index in [9.17, 15) is 14.4 Å². The molecule has 208 valence electrons. The molecule has 2 aromatic carbocycles. The van der Waals surface area contributed by atoms with Crippen LogP contribution in [0.5, 0.6) is 11.5 Å². The summed E-state index contributed by atoms with van der Waals surface area (Å²) in [7, 11) is 3.06. The van der Waals surface area contributed by atoms with Crippen molar-refractivity contribution in [2.75, 3.05) is 19.1 Å². The zero-order valence-electron chi connectivity index (χ0n) is 23.5. The molecule has 0 N–H and O–H groups in total. The molecule has 0 saturated heterocycles. The van der Waals surface area contributed by atoms with Gasteiger partial charge < -0.3 is 19.1 Å². The fraction of sp³-hybridized carbons (Fsp3) is 0.333. The first-order valence-electron chi connectivity index (χ1n) is 13.0. The molecule has 0 fully saturated rings. The van der Waals surface area contributed by atoms with E-state index in [2.05, 4.69) is 4.99 Å². The van der Waals surface area contributed by atoms with Gasteiger partial charge in [-0.3, -0.25) is 14.2 Å². The van der Waals surface area contributed by atoms with Crippen LogP contribution in [-0.2, 0) is 14.3 Å². The summed E-state index contributed by atoms with van der Waals surface area (Å²) in [4.78, 5) is 48.3. The monoisotopic (exact) mass is 561 g/mol. The predicted molar refractivity (Wildman–Crippen MR) is 153 cm³/mol. The maximum atomic E-state index is 14.3. The Hall–Kier alpha value is -4.18. The summed E-state index contributed by atoms with van der Waals surface area (Å²) >= 11 is 1.13.